The zero-order valence-corrected chi connectivity index (χ0v) is 11.0. The minimum atomic E-state index is -1.22. The second-order valence-corrected chi connectivity index (χ2v) is 4.51. The smallest absolute Gasteiger partial charge is 0.326 e. The molecule has 2 amide bonds. The lowest BCUT2D eigenvalue weighted by Gasteiger charge is -2.14. The Bertz CT molecular complexity index is 694. The molecule has 110 valence electrons. The lowest BCUT2D eigenvalue weighted by molar-refractivity contribution is -0.139. The monoisotopic (exact) mass is 290 g/mol. The van der Waals surface area contributed by atoms with Crippen LogP contribution >= 0.6 is 0 Å². The molecule has 0 saturated heterocycles. The number of carbonyl (C=O) groups excluding carboxylic acids is 2. The molecule has 5 N–H and O–H groups in total. The van der Waals surface area contributed by atoms with Gasteiger partial charge in [-0.3, -0.25) is 14.7 Å². The van der Waals surface area contributed by atoms with Gasteiger partial charge in [0.2, 0.25) is 5.91 Å². The van der Waals surface area contributed by atoms with Gasteiger partial charge in [-0.05, 0) is 12.5 Å². The zero-order valence-electron chi connectivity index (χ0n) is 11.0. The highest BCUT2D eigenvalue weighted by molar-refractivity contribution is 6.06. The molecule has 1 aromatic heterocycles. The maximum Gasteiger partial charge on any atom is 0.326 e. The van der Waals surface area contributed by atoms with Crippen LogP contribution in [-0.2, 0) is 9.59 Å². The number of carbonyl (C=O) groups is 3. The molecule has 1 heterocycles. The van der Waals surface area contributed by atoms with Crippen LogP contribution in [0.25, 0.3) is 10.9 Å². The highest BCUT2D eigenvalue weighted by Crippen LogP contribution is 2.15. The van der Waals surface area contributed by atoms with E-state index in [0.717, 1.165) is 5.39 Å². The number of aliphatic carboxylic acids is 1. The average Bonchev–Trinajstić information content (AvgIpc) is 2.90. The van der Waals surface area contributed by atoms with E-state index in [0.29, 0.717) is 5.52 Å². The number of aromatic amines is 1. The summed E-state index contributed by atoms with van der Waals surface area (Å²) in [6.45, 7) is 0. The molecular weight excluding hydrogens is 276 g/mol. The Balaban J connectivity index is 2.17. The molecule has 1 aromatic carbocycles. The number of H-pyrrole nitrogens is 1. The second kappa shape index (κ2) is 6.04. The minimum absolute atomic E-state index is 0.0602. The van der Waals surface area contributed by atoms with E-state index in [4.69, 9.17) is 10.8 Å². The normalized spacial score (nSPS) is 12.0. The number of primary amides is 1. The fourth-order valence-electron chi connectivity index (χ4n) is 1.94. The first-order chi connectivity index (χ1) is 9.99. The summed E-state index contributed by atoms with van der Waals surface area (Å²) in [7, 11) is 0. The van der Waals surface area contributed by atoms with Crippen LogP contribution in [0.15, 0.2) is 24.4 Å². The molecule has 0 radical (unpaired) electrons. The predicted octanol–water partition coefficient (Wildman–Crippen LogP) is 0.0114. The third-order valence-electron chi connectivity index (χ3n) is 3.00. The molecule has 0 fully saturated rings. The van der Waals surface area contributed by atoms with Crippen molar-refractivity contribution >= 4 is 28.7 Å². The van der Waals surface area contributed by atoms with Crippen LogP contribution < -0.4 is 11.1 Å². The van der Waals surface area contributed by atoms with Gasteiger partial charge in [0.1, 0.15) is 6.04 Å². The Kier molecular flexibility index (Phi) is 4.17. The molecule has 0 unspecified atom stereocenters. The Morgan fingerprint density at radius 1 is 1.38 bits per heavy atom. The molecule has 8 nitrogen and oxygen atoms in total. The molecular formula is C13H14N4O4. The van der Waals surface area contributed by atoms with Gasteiger partial charge in [0.05, 0.1) is 17.3 Å². The molecule has 0 aliphatic heterocycles. The highest BCUT2D eigenvalue weighted by atomic mass is 16.4. The first kappa shape index (κ1) is 14.5. The van der Waals surface area contributed by atoms with Crippen LogP contribution in [0.2, 0.25) is 0 Å². The van der Waals surface area contributed by atoms with Gasteiger partial charge >= 0.3 is 5.97 Å². The second-order valence-electron chi connectivity index (χ2n) is 4.51. The number of amides is 2. The number of fused-ring (bicyclic) bond motifs is 1. The molecule has 0 aliphatic rings. The Labute approximate surface area is 119 Å². The van der Waals surface area contributed by atoms with E-state index in [-0.39, 0.29) is 18.4 Å². The van der Waals surface area contributed by atoms with E-state index in [1.54, 1.807) is 24.4 Å². The van der Waals surface area contributed by atoms with E-state index in [2.05, 4.69) is 15.5 Å². The standard InChI is InChI=1S/C13H14N4O4/c14-10(18)5-4-9(13(20)21)16-12(19)8-3-1-2-7-6-15-17-11(7)8/h1-3,6,9H,4-5H2,(H2,14,18)(H,15,17)(H,16,19)(H,20,21)/t9-/m0/s1. The summed E-state index contributed by atoms with van der Waals surface area (Å²) in [6, 6.07) is 3.83. The maximum atomic E-state index is 12.2. The van der Waals surface area contributed by atoms with Crippen molar-refractivity contribution in [3.63, 3.8) is 0 Å². The van der Waals surface area contributed by atoms with Gasteiger partial charge in [-0.1, -0.05) is 12.1 Å². The van der Waals surface area contributed by atoms with Crippen molar-refractivity contribution in [2.75, 3.05) is 0 Å². The molecule has 2 aromatic rings. The molecule has 0 spiro atoms. The van der Waals surface area contributed by atoms with Crippen molar-refractivity contribution in [3.8, 4) is 0 Å². The van der Waals surface area contributed by atoms with Gasteiger partial charge < -0.3 is 16.2 Å². The minimum Gasteiger partial charge on any atom is -0.480 e. The Morgan fingerprint density at radius 3 is 2.81 bits per heavy atom. The van der Waals surface area contributed by atoms with Crippen LogP contribution in [0.4, 0.5) is 0 Å². The summed E-state index contributed by atoms with van der Waals surface area (Å²) in [5.41, 5.74) is 5.80. The van der Waals surface area contributed by atoms with E-state index < -0.39 is 23.8 Å². The number of aromatic nitrogens is 2. The zero-order chi connectivity index (χ0) is 15.4. The molecule has 8 heteroatoms. The van der Waals surface area contributed by atoms with E-state index in [1.165, 1.54) is 0 Å². The summed E-state index contributed by atoms with van der Waals surface area (Å²) >= 11 is 0. The van der Waals surface area contributed by atoms with Crippen LogP contribution in [0.3, 0.4) is 0 Å². The van der Waals surface area contributed by atoms with Crippen molar-refractivity contribution in [3.05, 3.63) is 30.0 Å². The number of para-hydroxylation sites is 1. The fourth-order valence-corrected chi connectivity index (χ4v) is 1.94. The summed E-state index contributed by atoms with van der Waals surface area (Å²) in [6.07, 6.45) is 1.38. The van der Waals surface area contributed by atoms with E-state index in [1.807, 2.05) is 0 Å². The number of nitrogens with two attached hydrogens (primary N) is 1. The number of hydrogen-bond donors (Lipinski definition) is 4. The van der Waals surface area contributed by atoms with Gasteiger partial charge in [0.25, 0.3) is 5.91 Å². The molecule has 2 rings (SSSR count). The van der Waals surface area contributed by atoms with Crippen LogP contribution in [0.1, 0.15) is 23.2 Å². The van der Waals surface area contributed by atoms with Crippen LogP contribution in [0, 0.1) is 0 Å². The third kappa shape index (κ3) is 3.35. The number of carboxylic acid groups (broad SMARTS) is 1. The summed E-state index contributed by atoms with van der Waals surface area (Å²) < 4.78 is 0. The van der Waals surface area contributed by atoms with Gasteiger partial charge in [0, 0.05) is 11.8 Å². The van der Waals surface area contributed by atoms with Crippen molar-refractivity contribution in [2.24, 2.45) is 5.73 Å². The number of nitrogens with zero attached hydrogens (tertiary/aromatic N) is 1. The first-order valence-electron chi connectivity index (χ1n) is 6.23. The average molecular weight is 290 g/mol. The Morgan fingerprint density at radius 2 is 2.14 bits per heavy atom. The summed E-state index contributed by atoms with van der Waals surface area (Å²) in [5.74, 6) is -2.39. The van der Waals surface area contributed by atoms with Gasteiger partial charge in [-0.2, -0.15) is 5.10 Å². The Hall–Kier alpha value is -2.90. The van der Waals surface area contributed by atoms with Crippen LogP contribution in [0.5, 0.6) is 0 Å². The largest absolute Gasteiger partial charge is 0.480 e. The predicted molar refractivity (Wildman–Crippen MR) is 73.4 cm³/mol. The molecule has 0 bridgehead atoms. The lowest BCUT2D eigenvalue weighted by Crippen LogP contribution is -2.41. The quantitative estimate of drug-likeness (QED) is 0.593. The fraction of sp³-hybridized carbons (Fsp3) is 0.231. The van der Waals surface area contributed by atoms with Crippen molar-refractivity contribution in [2.45, 2.75) is 18.9 Å². The number of carboxylic acids is 1. The molecule has 21 heavy (non-hydrogen) atoms. The van der Waals surface area contributed by atoms with Crippen molar-refractivity contribution in [1.29, 1.82) is 0 Å². The van der Waals surface area contributed by atoms with Gasteiger partial charge in [0.15, 0.2) is 0 Å². The molecule has 0 saturated carbocycles. The number of benzene rings is 1. The van der Waals surface area contributed by atoms with Gasteiger partial charge in [-0.15, -0.1) is 0 Å². The number of rotatable bonds is 6. The molecule has 1 atom stereocenters. The topological polar surface area (TPSA) is 138 Å². The van der Waals surface area contributed by atoms with E-state index >= 15 is 0 Å². The van der Waals surface area contributed by atoms with Crippen molar-refractivity contribution in [1.82, 2.24) is 15.5 Å². The molecule has 0 aliphatic carbocycles. The van der Waals surface area contributed by atoms with Crippen LogP contribution in [-0.4, -0.2) is 39.1 Å². The first-order valence-corrected chi connectivity index (χ1v) is 6.23. The summed E-state index contributed by atoms with van der Waals surface area (Å²) in [5, 5.41) is 18.7. The maximum absolute atomic E-state index is 12.2. The lowest BCUT2D eigenvalue weighted by atomic mass is 10.1. The highest BCUT2D eigenvalue weighted by Gasteiger charge is 2.22. The number of hydrogen-bond acceptors (Lipinski definition) is 4. The van der Waals surface area contributed by atoms with Crippen molar-refractivity contribution < 1.29 is 19.5 Å². The number of nitrogens with one attached hydrogen (secondary N) is 2. The third-order valence-corrected chi connectivity index (χ3v) is 3.00. The van der Waals surface area contributed by atoms with E-state index in [9.17, 15) is 14.4 Å². The SMILES string of the molecule is NC(=O)CC[C@H](NC(=O)c1cccc2cn[nH]c12)C(=O)O. The summed E-state index contributed by atoms with van der Waals surface area (Å²) in [4.78, 5) is 34.0. The van der Waals surface area contributed by atoms with Gasteiger partial charge in [-0.25, -0.2) is 4.79 Å².